The molecule has 2 heteroatoms. The zero-order chi connectivity index (χ0) is 9.10. The smallest absolute Gasteiger partial charge is 0.0991 e. The van der Waals surface area contributed by atoms with E-state index in [0.717, 1.165) is 31.0 Å². The molecule has 0 aromatic heterocycles. The fourth-order valence-electron chi connectivity index (χ4n) is 1.54. The van der Waals surface area contributed by atoms with Gasteiger partial charge in [0.2, 0.25) is 0 Å². The number of benzene rings is 1. The van der Waals surface area contributed by atoms with E-state index in [-0.39, 0.29) is 0 Å². The van der Waals surface area contributed by atoms with Crippen molar-refractivity contribution in [2.24, 2.45) is 5.92 Å². The van der Waals surface area contributed by atoms with Crippen LogP contribution in [0.15, 0.2) is 24.3 Å². The number of nitrogens with zero attached hydrogens (tertiary/aromatic N) is 1. The Hall–Kier alpha value is -1.33. The Morgan fingerprint density at radius 2 is 2.00 bits per heavy atom. The number of nitriles is 1. The van der Waals surface area contributed by atoms with E-state index in [2.05, 4.69) is 23.5 Å². The highest BCUT2D eigenvalue weighted by Crippen LogP contribution is 2.12. The molecule has 0 amide bonds. The Balaban J connectivity index is 2.01. The average molecular weight is 172 g/mol. The fraction of sp³-hybridized carbons (Fsp3) is 0.364. The Morgan fingerprint density at radius 3 is 2.46 bits per heavy atom. The van der Waals surface area contributed by atoms with Crippen molar-refractivity contribution >= 4 is 0 Å². The van der Waals surface area contributed by atoms with Crippen LogP contribution in [0.1, 0.15) is 11.1 Å². The molecule has 1 aromatic rings. The summed E-state index contributed by atoms with van der Waals surface area (Å²) in [6.07, 6.45) is 1.14. The highest BCUT2D eigenvalue weighted by molar-refractivity contribution is 5.31. The number of nitrogens with one attached hydrogen (secondary N) is 1. The van der Waals surface area contributed by atoms with Crippen molar-refractivity contribution in [3.8, 4) is 6.07 Å². The van der Waals surface area contributed by atoms with Gasteiger partial charge in [0.15, 0.2) is 0 Å². The van der Waals surface area contributed by atoms with Crippen molar-refractivity contribution in [3.05, 3.63) is 35.4 Å². The molecule has 0 atom stereocenters. The molecule has 1 aromatic carbocycles. The second-order valence-corrected chi connectivity index (χ2v) is 3.54. The van der Waals surface area contributed by atoms with Gasteiger partial charge < -0.3 is 5.32 Å². The Morgan fingerprint density at radius 1 is 1.31 bits per heavy atom. The topological polar surface area (TPSA) is 35.8 Å². The Kier molecular flexibility index (Phi) is 2.29. The van der Waals surface area contributed by atoms with Crippen LogP contribution in [-0.2, 0) is 6.42 Å². The van der Waals surface area contributed by atoms with Gasteiger partial charge in [0.05, 0.1) is 11.6 Å². The summed E-state index contributed by atoms with van der Waals surface area (Å²) in [5.41, 5.74) is 2.08. The molecule has 0 bridgehead atoms. The highest BCUT2D eigenvalue weighted by atomic mass is 14.9. The third kappa shape index (κ3) is 1.88. The quantitative estimate of drug-likeness (QED) is 0.730. The molecule has 1 N–H and O–H groups in total. The van der Waals surface area contributed by atoms with Crippen molar-refractivity contribution in [3.63, 3.8) is 0 Å². The van der Waals surface area contributed by atoms with Gasteiger partial charge in [-0.3, -0.25) is 0 Å². The minimum absolute atomic E-state index is 0.746. The lowest BCUT2D eigenvalue weighted by atomic mass is 9.94. The first-order valence-electron chi connectivity index (χ1n) is 4.58. The molecule has 0 spiro atoms. The molecule has 0 aliphatic carbocycles. The van der Waals surface area contributed by atoms with Gasteiger partial charge >= 0.3 is 0 Å². The monoisotopic (exact) mass is 172 g/mol. The number of rotatable bonds is 2. The molecule has 2 rings (SSSR count). The van der Waals surface area contributed by atoms with Gasteiger partial charge in [-0.1, -0.05) is 12.1 Å². The van der Waals surface area contributed by atoms with Gasteiger partial charge in [0, 0.05) is 0 Å². The molecular weight excluding hydrogens is 160 g/mol. The van der Waals surface area contributed by atoms with Gasteiger partial charge in [-0.25, -0.2) is 0 Å². The van der Waals surface area contributed by atoms with Crippen LogP contribution in [0.25, 0.3) is 0 Å². The normalized spacial score (nSPS) is 16.2. The Bertz CT molecular complexity index is 317. The van der Waals surface area contributed by atoms with Crippen LogP contribution in [-0.4, -0.2) is 13.1 Å². The van der Waals surface area contributed by atoms with Crippen LogP contribution in [0.2, 0.25) is 0 Å². The zero-order valence-corrected chi connectivity index (χ0v) is 7.46. The van der Waals surface area contributed by atoms with Crippen LogP contribution in [0, 0.1) is 17.2 Å². The lowest BCUT2D eigenvalue weighted by Crippen LogP contribution is -2.43. The van der Waals surface area contributed by atoms with E-state index in [9.17, 15) is 0 Å². The minimum Gasteiger partial charge on any atom is -0.316 e. The van der Waals surface area contributed by atoms with Crippen molar-refractivity contribution in [1.82, 2.24) is 5.32 Å². The Labute approximate surface area is 78.2 Å². The lowest BCUT2D eigenvalue weighted by Gasteiger charge is -2.26. The summed E-state index contributed by atoms with van der Waals surface area (Å²) in [6.45, 7) is 2.28. The summed E-state index contributed by atoms with van der Waals surface area (Å²) in [7, 11) is 0. The highest BCUT2D eigenvalue weighted by Gasteiger charge is 2.16. The number of hydrogen-bond donors (Lipinski definition) is 1. The summed E-state index contributed by atoms with van der Waals surface area (Å²) >= 11 is 0. The largest absolute Gasteiger partial charge is 0.316 e. The molecule has 1 heterocycles. The van der Waals surface area contributed by atoms with Crippen molar-refractivity contribution in [2.45, 2.75) is 6.42 Å². The molecule has 13 heavy (non-hydrogen) atoms. The second kappa shape index (κ2) is 3.59. The van der Waals surface area contributed by atoms with Crippen molar-refractivity contribution in [1.29, 1.82) is 5.26 Å². The molecule has 1 aliphatic heterocycles. The molecule has 1 aliphatic rings. The second-order valence-electron chi connectivity index (χ2n) is 3.54. The first-order valence-corrected chi connectivity index (χ1v) is 4.58. The van der Waals surface area contributed by atoms with Crippen LogP contribution >= 0.6 is 0 Å². The lowest BCUT2D eigenvalue weighted by molar-refractivity contribution is 0.346. The van der Waals surface area contributed by atoms with Crippen molar-refractivity contribution in [2.75, 3.05) is 13.1 Å². The summed E-state index contributed by atoms with van der Waals surface area (Å²) < 4.78 is 0. The molecule has 2 nitrogen and oxygen atoms in total. The maximum atomic E-state index is 8.61. The molecule has 0 saturated carbocycles. The van der Waals surface area contributed by atoms with Crippen LogP contribution < -0.4 is 5.32 Å². The minimum atomic E-state index is 0.746. The third-order valence-electron chi connectivity index (χ3n) is 2.47. The van der Waals surface area contributed by atoms with Gasteiger partial charge in [-0.15, -0.1) is 0 Å². The SMILES string of the molecule is N#Cc1ccc(CC2CNC2)cc1. The molecular formula is C11H12N2. The summed E-state index contributed by atoms with van der Waals surface area (Å²) in [5.74, 6) is 0.799. The number of hydrogen-bond acceptors (Lipinski definition) is 2. The van der Waals surface area contributed by atoms with E-state index in [0.29, 0.717) is 0 Å². The van der Waals surface area contributed by atoms with Crippen LogP contribution in [0.5, 0.6) is 0 Å². The van der Waals surface area contributed by atoms with Gasteiger partial charge in [0.1, 0.15) is 0 Å². The van der Waals surface area contributed by atoms with E-state index >= 15 is 0 Å². The summed E-state index contributed by atoms with van der Waals surface area (Å²) in [5, 5.41) is 11.9. The fourth-order valence-corrected chi connectivity index (χ4v) is 1.54. The van der Waals surface area contributed by atoms with Crippen molar-refractivity contribution < 1.29 is 0 Å². The first-order chi connectivity index (χ1) is 6.38. The molecule has 0 unspecified atom stereocenters. The van der Waals surface area contributed by atoms with E-state index in [1.165, 1.54) is 5.56 Å². The zero-order valence-electron chi connectivity index (χ0n) is 7.46. The first kappa shape index (κ1) is 8.28. The third-order valence-corrected chi connectivity index (χ3v) is 2.47. The predicted molar refractivity (Wildman–Crippen MR) is 51.2 cm³/mol. The molecule has 66 valence electrons. The van der Waals surface area contributed by atoms with Crippen LogP contribution in [0.4, 0.5) is 0 Å². The van der Waals surface area contributed by atoms with Gasteiger partial charge in [-0.05, 0) is 43.1 Å². The molecule has 0 radical (unpaired) electrons. The summed E-state index contributed by atoms with van der Waals surface area (Å²) in [4.78, 5) is 0. The molecule has 1 saturated heterocycles. The van der Waals surface area contributed by atoms with E-state index in [1.807, 2.05) is 12.1 Å². The van der Waals surface area contributed by atoms with E-state index in [1.54, 1.807) is 0 Å². The average Bonchev–Trinajstić information content (AvgIpc) is 2.12. The van der Waals surface area contributed by atoms with Gasteiger partial charge in [0.25, 0.3) is 0 Å². The predicted octanol–water partition coefficient (Wildman–Crippen LogP) is 1.32. The molecule has 1 fully saturated rings. The van der Waals surface area contributed by atoms with E-state index < -0.39 is 0 Å². The van der Waals surface area contributed by atoms with Crippen LogP contribution in [0.3, 0.4) is 0 Å². The maximum absolute atomic E-state index is 8.61. The summed E-state index contributed by atoms with van der Waals surface area (Å²) in [6, 6.07) is 10.0. The van der Waals surface area contributed by atoms with E-state index in [4.69, 9.17) is 5.26 Å². The standard InChI is InChI=1S/C11H12N2/c12-6-10-3-1-9(2-4-10)5-11-7-13-8-11/h1-4,11,13H,5,7-8H2. The maximum Gasteiger partial charge on any atom is 0.0991 e. The van der Waals surface area contributed by atoms with Gasteiger partial charge in [-0.2, -0.15) is 5.26 Å².